The van der Waals surface area contributed by atoms with Crippen LogP contribution in [0.5, 0.6) is 0 Å². The van der Waals surface area contributed by atoms with Crippen LogP contribution in [0.3, 0.4) is 0 Å². The van der Waals surface area contributed by atoms with Crippen molar-refractivity contribution in [2.75, 3.05) is 0 Å². The number of aromatic nitrogens is 2. The van der Waals surface area contributed by atoms with Crippen molar-refractivity contribution < 1.29 is 26.3 Å². The summed E-state index contributed by atoms with van der Waals surface area (Å²) in [5, 5.41) is 0. The van der Waals surface area contributed by atoms with E-state index in [0.717, 1.165) is 0 Å². The average molecular weight is 232 g/mol. The van der Waals surface area contributed by atoms with Gasteiger partial charge in [0.1, 0.15) is 0 Å². The van der Waals surface area contributed by atoms with E-state index in [4.69, 9.17) is 0 Å². The first-order valence-corrected chi connectivity index (χ1v) is 3.36. The van der Waals surface area contributed by atoms with Gasteiger partial charge in [-0.3, -0.25) is 4.79 Å². The summed E-state index contributed by atoms with van der Waals surface area (Å²) in [6, 6.07) is 0. The lowest BCUT2D eigenvalue weighted by atomic mass is 10.2. The Morgan fingerprint density at radius 3 is 1.93 bits per heavy atom. The molecule has 0 saturated carbocycles. The van der Waals surface area contributed by atoms with E-state index in [-0.39, 0.29) is 6.33 Å². The first-order valence-electron chi connectivity index (χ1n) is 3.36. The first-order chi connectivity index (χ1) is 6.64. The second-order valence-electron chi connectivity index (χ2n) is 2.45. The molecule has 0 unspecified atom stereocenters. The maximum atomic E-state index is 12.1. The highest BCUT2D eigenvalue weighted by Crippen LogP contribution is 2.36. The summed E-state index contributed by atoms with van der Waals surface area (Å²) in [6.45, 7) is 0. The van der Waals surface area contributed by atoms with E-state index in [2.05, 4.69) is 4.98 Å². The fourth-order valence-electron chi connectivity index (χ4n) is 0.878. The van der Waals surface area contributed by atoms with E-state index in [9.17, 15) is 31.1 Å². The molecule has 0 saturated heterocycles. The average Bonchev–Trinajstić information content (AvgIpc) is 1.99. The van der Waals surface area contributed by atoms with Gasteiger partial charge in [-0.15, -0.1) is 0 Å². The van der Waals surface area contributed by atoms with Gasteiger partial charge in [0, 0.05) is 0 Å². The Morgan fingerprint density at radius 1 is 1.07 bits per heavy atom. The molecule has 0 bridgehead atoms. The molecule has 0 amide bonds. The van der Waals surface area contributed by atoms with Crippen LogP contribution in [-0.4, -0.2) is 9.97 Å². The Morgan fingerprint density at radius 2 is 1.60 bits per heavy atom. The molecular formula is C6H2F6N2O. The molecule has 1 rings (SSSR count). The number of halogens is 6. The Hall–Kier alpha value is -1.54. The van der Waals surface area contributed by atoms with Gasteiger partial charge in [0.2, 0.25) is 0 Å². The molecule has 0 fully saturated rings. The van der Waals surface area contributed by atoms with Crippen LogP contribution in [-0.2, 0) is 12.4 Å². The van der Waals surface area contributed by atoms with Crippen molar-refractivity contribution in [1.82, 2.24) is 9.97 Å². The lowest BCUT2D eigenvalue weighted by molar-refractivity contribution is -0.165. The summed E-state index contributed by atoms with van der Waals surface area (Å²) >= 11 is 0. The number of hydrogen-bond donors (Lipinski definition) is 1. The van der Waals surface area contributed by atoms with Crippen LogP contribution in [0, 0.1) is 0 Å². The smallest absolute Gasteiger partial charge is 0.313 e. The van der Waals surface area contributed by atoms with E-state index in [1.54, 1.807) is 0 Å². The zero-order chi connectivity index (χ0) is 11.9. The van der Waals surface area contributed by atoms with Crippen molar-refractivity contribution in [1.29, 1.82) is 0 Å². The Bertz CT molecular complexity index is 417. The summed E-state index contributed by atoms with van der Waals surface area (Å²) in [5.74, 6) is 0. The van der Waals surface area contributed by atoms with Crippen LogP contribution in [0.25, 0.3) is 0 Å². The van der Waals surface area contributed by atoms with Crippen LogP contribution in [0.15, 0.2) is 11.1 Å². The highest BCUT2D eigenvalue weighted by atomic mass is 19.4. The normalized spacial score (nSPS) is 12.9. The lowest BCUT2D eigenvalue weighted by Gasteiger charge is -2.12. The largest absolute Gasteiger partial charge is 0.434 e. The van der Waals surface area contributed by atoms with E-state index in [1.165, 1.54) is 4.98 Å². The molecule has 9 heteroatoms. The van der Waals surface area contributed by atoms with Gasteiger partial charge < -0.3 is 4.98 Å². The summed E-state index contributed by atoms with van der Waals surface area (Å²) in [7, 11) is 0. The van der Waals surface area contributed by atoms with Crippen molar-refractivity contribution in [3.05, 3.63) is 27.9 Å². The summed E-state index contributed by atoms with van der Waals surface area (Å²) in [4.78, 5) is 14.5. The fourth-order valence-corrected chi connectivity index (χ4v) is 0.878. The highest BCUT2D eigenvalue weighted by Gasteiger charge is 2.46. The van der Waals surface area contributed by atoms with E-state index < -0.39 is 29.2 Å². The summed E-state index contributed by atoms with van der Waals surface area (Å²) in [6.07, 6.45) is -10.5. The van der Waals surface area contributed by atoms with Gasteiger partial charge in [0.25, 0.3) is 5.56 Å². The topological polar surface area (TPSA) is 45.8 Å². The molecule has 84 valence electrons. The first kappa shape index (κ1) is 11.5. The number of rotatable bonds is 0. The Kier molecular flexibility index (Phi) is 2.49. The summed E-state index contributed by atoms with van der Waals surface area (Å²) < 4.78 is 72.4. The molecule has 0 aromatic carbocycles. The zero-order valence-electron chi connectivity index (χ0n) is 6.70. The molecular weight excluding hydrogens is 230 g/mol. The third kappa shape index (κ3) is 2.28. The molecule has 1 N–H and O–H groups in total. The number of alkyl halides is 6. The predicted octanol–water partition coefficient (Wildman–Crippen LogP) is 1.81. The predicted molar refractivity (Wildman–Crippen MR) is 34.9 cm³/mol. The van der Waals surface area contributed by atoms with E-state index in [1.807, 2.05) is 0 Å². The molecule has 0 aliphatic carbocycles. The van der Waals surface area contributed by atoms with Crippen LogP contribution >= 0.6 is 0 Å². The Labute approximate surface area is 77.8 Å². The molecule has 0 aliphatic rings. The summed E-state index contributed by atoms with van der Waals surface area (Å²) in [5.41, 5.74) is -6.44. The molecule has 1 heterocycles. The number of nitrogens with one attached hydrogen (secondary N) is 1. The monoisotopic (exact) mass is 232 g/mol. The molecule has 1 aromatic rings. The van der Waals surface area contributed by atoms with Crippen molar-refractivity contribution in [3.8, 4) is 0 Å². The van der Waals surface area contributed by atoms with Crippen LogP contribution in [0.1, 0.15) is 11.3 Å². The zero-order valence-corrected chi connectivity index (χ0v) is 6.70. The van der Waals surface area contributed by atoms with Crippen molar-refractivity contribution >= 4 is 0 Å². The van der Waals surface area contributed by atoms with Crippen molar-refractivity contribution in [2.45, 2.75) is 12.4 Å². The SMILES string of the molecule is O=c1[nH]cnc(C(F)(F)F)c1C(F)(F)F. The van der Waals surface area contributed by atoms with E-state index >= 15 is 0 Å². The molecule has 0 aliphatic heterocycles. The number of nitrogens with zero attached hydrogens (tertiary/aromatic N) is 1. The minimum atomic E-state index is -5.40. The van der Waals surface area contributed by atoms with Crippen molar-refractivity contribution in [3.63, 3.8) is 0 Å². The van der Waals surface area contributed by atoms with Crippen LogP contribution < -0.4 is 5.56 Å². The fraction of sp³-hybridized carbons (Fsp3) is 0.333. The third-order valence-corrected chi connectivity index (χ3v) is 1.41. The van der Waals surface area contributed by atoms with Gasteiger partial charge in [0.05, 0.1) is 6.33 Å². The van der Waals surface area contributed by atoms with Gasteiger partial charge in [-0.25, -0.2) is 4.98 Å². The van der Waals surface area contributed by atoms with E-state index in [0.29, 0.717) is 0 Å². The third-order valence-electron chi connectivity index (χ3n) is 1.41. The van der Waals surface area contributed by atoms with Crippen molar-refractivity contribution in [2.24, 2.45) is 0 Å². The van der Waals surface area contributed by atoms with Gasteiger partial charge in [0.15, 0.2) is 11.3 Å². The van der Waals surface area contributed by atoms with Gasteiger partial charge in [-0.1, -0.05) is 0 Å². The highest BCUT2D eigenvalue weighted by molar-refractivity contribution is 5.22. The maximum Gasteiger partial charge on any atom is 0.434 e. The van der Waals surface area contributed by atoms with Crippen LogP contribution in [0.2, 0.25) is 0 Å². The molecule has 0 radical (unpaired) electrons. The second kappa shape index (κ2) is 3.24. The maximum absolute atomic E-state index is 12.1. The second-order valence-corrected chi connectivity index (χ2v) is 2.45. The molecule has 0 spiro atoms. The van der Waals surface area contributed by atoms with Crippen LogP contribution in [0.4, 0.5) is 26.3 Å². The minimum absolute atomic E-state index is 0.264. The number of hydrogen-bond acceptors (Lipinski definition) is 2. The minimum Gasteiger partial charge on any atom is -0.313 e. The quantitative estimate of drug-likeness (QED) is 0.693. The van der Waals surface area contributed by atoms with Gasteiger partial charge >= 0.3 is 12.4 Å². The molecule has 0 atom stereocenters. The van der Waals surface area contributed by atoms with Gasteiger partial charge in [-0.05, 0) is 0 Å². The molecule has 3 nitrogen and oxygen atoms in total. The standard InChI is InChI=1S/C6H2F6N2O/c7-5(8,9)2-3(6(10,11)12)13-1-14-4(2)15/h1H,(H,13,14,15). The molecule has 1 aromatic heterocycles. The number of aromatic amines is 1. The lowest BCUT2D eigenvalue weighted by Crippen LogP contribution is -2.28. The van der Waals surface area contributed by atoms with Gasteiger partial charge in [-0.2, -0.15) is 26.3 Å². The Balaban J connectivity index is 3.55. The molecule has 15 heavy (non-hydrogen) atoms. The number of H-pyrrole nitrogens is 1.